The fraction of sp³-hybridized carbons (Fsp3) is 0.636. The van der Waals surface area contributed by atoms with Crippen molar-refractivity contribution in [2.24, 2.45) is 11.8 Å². The number of rotatable bonds is 14. The van der Waals surface area contributed by atoms with Crippen LogP contribution in [0.3, 0.4) is 0 Å². The smallest absolute Gasteiger partial charge is 0.337 e. The van der Waals surface area contributed by atoms with E-state index in [1.165, 1.54) is 33.7 Å². The summed E-state index contributed by atoms with van der Waals surface area (Å²) in [7, 11) is 4.26. The molecule has 14 heteroatoms. The number of aryl methyl sites for hydroxylation is 1. The monoisotopic (exact) mass is 666 g/mol. The molecule has 1 aromatic rings. The Kier molecular flexibility index (Phi) is 12.9. The second kappa shape index (κ2) is 16.5. The summed E-state index contributed by atoms with van der Waals surface area (Å²) >= 11 is 0. The third-order valence-corrected chi connectivity index (χ3v) is 9.12. The van der Waals surface area contributed by atoms with Crippen molar-refractivity contribution in [1.82, 2.24) is 0 Å². The lowest BCUT2D eigenvalue weighted by atomic mass is 9.78. The van der Waals surface area contributed by atoms with Gasteiger partial charge in [0.2, 0.25) is 6.29 Å². The Hall–Kier alpha value is -2.92. The van der Waals surface area contributed by atoms with E-state index in [2.05, 4.69) is 6.58 Å². The van der Waals surface area contributed by atoms with E-state index in [-0.39, 0.29) is 42.8 Å². The van der Waals surface area contributed by atoms with Crippen molar-refractivity contribution in [3.05, 3.63) is 54.3 Å². The fourth-order valence-corrected chi connectivity index (χ4v) is 6.43. The summed E-state index contributed by atoms with van der Waals surface area (Å²) in [5.41, 5.74) is 1.08. The summed E-state index contributed by atoms with van der Waals surface area (Å²) in [4.78, 5) is 26.0. The summed E-state index contributed by atoms with van der Waals surface area (Å²) in [6.45, 7) is 3.27. The van der Waals surface area contributed by atoms with Crippen LogP contribution in [0.1, 0.15) is 37.7 Å². The second-order valence-electron chi connectivity index (χ2n) is 12.1. The average molecular weight is 667 g/mol. The van der Waals surface area contributed by atoms with Crippen molar-refractivity contribution in [1.29, 1.82) is 0 Å². The number of aliphatic hydroxyl groups excluding tert-OH is 4. The Morgan fingerprint density at radius 2 is 1.66 bits per heavy atom. The van der Waals surface area contributed by atoms with Gasteiger partial charge in [0.15, 0.2) is 12.1 Å². The van der Waals surface area contributed by atoms with E-state index >= 15 is 0 Å². The summed E-state index contributed by atoms with van der Waals surface area (Å²) < 4.78 is 40.2. The molecule has 5 N–H and O–H groups in total. The van der Waals surface area contributed by atoms with Gasteiger partial charge >= 0.3 is 5.97 Å². The molecular formula is C33H46O14. The van der Waals surface area contributed by atoms with E-state index in [4.69, 9.17) is 33.2 Å². The predicted molar refractivity (Wildman–Crippen MR) is 162 cm³/mol. The number of ether oxygens (including phenoxy) is 7. The molecule has 0 saturated carbocycles. The number of aromatic hydroxyl groups is 1. The first-order valence-corrected chi connectivity index (χ1v) is 15.6. The number of phenolic OH excluding ortho intramolecular Hbond substituents is 1. The van der Waals surface area contributed by atoms with Gasteiger partial charge < -0.3 is 58.7 Å². The molecule has 0 aromatic heterocycles. The molecule has 1 aromatic carbocycles. The fourth-order valence-electron chi connectivity index (χ4n) is 6.43. The van der Waals surface area contributed by atoms with Gasteiger partial charge in [-0.25, -0.2) is 4.79 Å². The number of carbonyl (C=O) groups excluding carboxylic acids is 2. The van der Waals surface area contributed by atoms with Crippen molar-refractivity contribution in [2.45, 2.75) is 93.5 Å². The maximum atomic E-state index is 13.1. The Bertz CT molecular complexity index is 1230. The first kappa shape index (κ1) is 36.9. The molecule has 0 amide bonds. The lowest BCUT2D eigenvalue weighted by Gasteiger charge is -2.45. The molecule has 3 aliphatic heterocycles. The third-order valence-electron chi connectivity index (χ3n) is 9.12. The van der Waals surface area contributed by atoms with Crippen LogP contribution in [-0.4, -0.2) is 120 Å². The van der Waals surface area contributed by atoms with Crippen LogP contribution in [0.4, 0.5) is 0 Å². The minimum Gasteiger partial charge on any atom is -0.508 e. The maximum Gasteiger partial charge on any atom is 0.337 e. The lowest BCUT2D eigenvalue weighted by molar-refractivity contribution is -0.339. The molecule has 10 atom stereocenters. The standard InChI is InChI=1S/C33H46O14/c1-5-23-24(25(30(40)41-2)17-44-31(23)47-32-29(39)28(38)27(37)26(16-34)46-32)13-22-15-33(42-3,43-4)14-21(45-22)12-20(36)11-8-18-6-9-19(35)10-7-18/h5-7,9-10,17,21-24,26-29,31-32,34-35,37-39H,1,8,11-16H2,2-4H3/t21-,22-,23+,24-,26+,27+,28-,29+,31-,32-/m0/s1. The average Bonchev–Trinajstić information content (AvgIpc) is 3.07. The van der Waals surface area contributed by atoms with E-state index < -0.39 is 79.4 Å². The molecule has 2 saturated heterocycles. The third kappa shape index (κ3) is 8.76. The van der Waals surface area contributed by atoms with Crippen LogP contribution in [-0.2, 0) is 49.2 Å². The molecule has 3 aliphatic rings. The lowest BCUT2D eigenvalue weighted by Crippen LogP contribution is -2.60. The van der Waals surface area contributed by atoms with Crippen molar-refractivity contribution in [3.63, 3.8) is 0 Å². The first-order chi connectivity index (χ1) is 22.5. The SMILES string of the molecule is C=C[C@H]1[C@H](O[C@@H]2O[C@H](CO)[C@@H](O)[C@H](O)[C@H]2O)OC=C(C(=O)OC)[C@H]1C[C@H]1CC(OC)(OC)C[C@H](CC(=O)CCc2ccc(O)cc2)O1. The number of aliphatic hydroxyl groups is 4. The molecule has 2 fully saturated rings. The van der Waals surface area contributed by atoms with Gasteiger partial charge in [-0.3, -0.25) is 4.79 Å². The Morgan fingerprint density at radius 1 is 0.979 bits per heavy atom. The number of carbonyl (C=O) groups is 2. The number of ketones is 1. The largest absolute Gasteiger partial charge is 0.508 e. The van der Waals surface area contributed by atoms with Crippen LogP contribution >= 0.6 is 0 Å². The zero-order valence-electron chi connectivity index (χ0n) is 26.8. The Morgan fingerprint density at radius 3 is 2.28 bits per heavy atom. The van der Waals surface area contributed by atoms with Crippen LogP contribution in [0.25, 0.3) is 0 Å². The zero-order valence-corrected chi connectivity index (χ0v) is 26.8. The van der Waals surface area contributed by atoms with Crippen molar-refractivity contribution < 1.29 is 68.3 Å². The van der Waals surface area contributed by atoms with E-state index in [0.29, 0.717) is 12.8 Å². The first-order valence-electron chi connectivity index (χ1n) is 15.6. The Labute approximate surface area is 273 Å². The van der Waals surface area contributed by atoms with Crippen molar-refractivity contribution in [2.75, 3.05) is 27.9 Å². The van der Waals surface area contributed by atoms with Gasteiger partial charge in [0.05, 0.1) is 37.8 Å². The van der Waals surface area contributed by atoms with Crippen LogP contribution in [0.15, 0.2) is 48.8 Å². The van der Waals surface area contributed by atoms with Gasteiger partial charge in [-0.05, 0) is 30.5 Å². The normalized spacial score (nSPS) is 33.7. The summed E-state index contributed by atoms with van der Waals surface area (Å²) in [5, 5.41) is 50.0. The number of hydrogen-bond acceptors (Lipinski definition) is 14. The topological polar surface area (TPSA) is 200 Å². The number of hydrogen-bond donors (Lipinski definition) is 5. The van der Waals surface area contributed by atoms with Gasteiger partial charge in [-0.15, -0.1) is 6.58 Å². The molecule has 4 rings (SSSR count). The molecule has 262 valence electrons. The van der Waals surface area contributed by atoms with Gasteiger partial charge in [-0.1, -0.05) is 18.2 Å². The molecule has 0 aliphatic carbocycles. The van der Waals surface area contributed by atoms with Gasteiger partial charge in [0.25, 0.3) is 0 Å². The van der Waals surface area contributed by atoms with E-state index in [1.54, 1.807) is 24.3 Å². The van der Waals surface area contributed by atoms with Gasteiger partial charge in [0, 0.05) is 51.7 Å². The van der Waals surface area contributed by atoms with Gasteiger partial charge in [-0.2, -0.15) is 0 Å². The summed E-state index contributed by atoms with van der Waals surface area (Å²) in [6.07, 6.45) is -5.59. The van der Waals surface area contributed by atoms with Crippen LogP contribution in [0, 0.1) is 11.8 Å². The molecule has 14 nitrogen and oxygen atoms in total. The van der Waals surface area contributed by atoms with E-state index in [9.17, 15) is 35.1 Å². The molecule has 0 spiro atoms. The zero-order chi connectivity index (χ0) is 34.3. The highest BCUT2D eigenvalue weighted by Gasteiger charge is 2.49. The quantitative estimate of drug-likeness (QED) is 0.106. The van der Waals surface area contributed by atoms with E-state index in [1.807, 2.05) is 0 Å². The molecule has 0 unspecified atom stereocenters. The second-order valence-corrected chi connectivity index (χ2v) is 12.1. The molecule has 3 heterocycles. The molecule has 0 bridgehead atoms. The van der Waals surface area contributed by atoms with E-state index in [0.717, 1.165) is 5.56 Å². The summed E-state index contributed by atoms with van der Waals surface area (Å²) in [5.74, 6) is -3.00. The number of esters is 1. The highest BCUT2D eigenvalue weighted by Crippen LogP contribution is 2.42. The van der Waals surface area contributed by atoms with Crippen molar-refractivity contribution >= 4 is 11.8 Å². The minimum absolute atomic E-state index is 0.0250. The van der Waals surface area contributed by atoms with Crippen LogP contribution in [0.2, 0.25) is 0 Å². The number of Topliss-reactive ketones (excluding diaryl/α,β-unsaturated/α-hetero) is 1. The van der Waals surface area contributed by atoms with Gasteiger partial charge in [0.1, 0.15) is 35.9 Å². The Balaban J connectivity index is 1.51. The van der Waals surface area contributed by atoms with Crippen molar-refractivity contribution in [3.8, 4) is 5.75 Å². The molecule has 0 radical (unpaired) electrons. The maximum absolute atomic E-state index is 13.1. The minimum atomic E-state index is -1.68. The molecule has 47 heavy (non-hydrogen) atoms. The highest BCUT2D eigenvalue weighted by molar-refractivity contribution is 5.89. The summed E-state index contributed by atoms with van der Waals surface area (Å²) in [6, 6.07) is 6.68. The van der Waals surface area contributed by atoms with Crippen LogP contribution < -0.4 is 0 Å². The predicted octanol–water partition coefficient (Wildman–Crippen LogP) is 0.859. The van der Waals surface area contributed by atoms with Crippen LogP contribution in [0.5, 0.6) is 5.75 Å². The molecular weight excluding hydrogens is 620 g/mol. The number of phenols is 1. The highest BCUT2D eigenvalue weighted by atomic mass is 16.8. The number of benzene rings is 1. The number of methoxy groups -OCH3 is 3.